The Bertz CT molecular complexity index is 587. The Kier molecular flexibility index (Phi) is 3.87. The lowest BCUT2D eigenvalue weighted by Crippen LogP contribution is -2.36. The van der Waals surface area contributed by atoms with Gasteiger partial charge in [-0.1, -0.05) is 0 Å². The minimum atomic E-state index is -0.193. The Hall–Kier alpha value is -2.34. The second-order valence-corrected chi connectivity index (χ2v) is 5.18. The lowest BCUT2D eigenvalue weighted by Gasteiger charge is -2.30. The molecule has 0 bridgehead atoms. The van der Waals surface area contributed by atoms with E-state index >= 15 is 0 Å². The van der Waals surface area contributed by atoms with Gasteiger partial charge < -0.3 is 20.3 Å². The smallest absolute Gasteiger partial charge is 0.257 e. The third kappa shape index (κ3) is 3.22. The molecule has 21 heavy (non-hydrogen) atoms. The number of piperidine rings is 1. The monoisotopic (exact) mass is 286 g/mol. The summed E-state index contributed by atoms with van der Waals surface area (Å²) < 4.78 is 0. The summed E-state index contributed by atoms with van der Waals surface area (Å²) in [5, 5.41) is 12.3. The van der Waals surface area contributed by atoms with Crippen LogP contribution < -0.4 is 10.2 Å². The molecule has 2 aromatic heterocycles. The van der Waals surface area contributed by atoms with Gasteiger partial charge in [-0.15, -0.1) is 0 Å². The van der Waals surface area contributed by atoms with Crippen molar-refractivity contribution in [2.24, 2.45) is 0 Å². The number of nitrogens with one attached hydrogen (secondary N) is 2. The quantitative estimate of drug-likeness (QED) is 0.801. The molecule has 0 aliphatic carbocycles. The van der Waals surface area contributed by atoms with Crippen LogP contribution in [0.4, 0.5) is 11.5 Å². The van der Waals surface area contributed by atoms with Crippen molar-refractivity contribution in [1.82, 2.24) is 9.97 Å². The van der Waals surface area contributed by atoms with Gasteiger partial charge in [0.25, 0.3) is 5.91 Å². The van der Waals surface area contributed by atoms with E-state index in [0.29, 0.717) is 11.3 Å². The molecule has 110 valence electrons. The van der Waals surface area contributed by atoms with Crippen LogP contribution >= 0.6 is 0 Å². The highest BCUT2D eigenvalue weighted by Crippen LogP contribution is 2.19. The number of nitrogens with zero attached hydrogens (tertiary/aromatic N) is 2. The molecule has 2 aromatic rings. The van der Waals surface area contributed by atoms with Crippen LogP contribution in [-0.2, 0) is 0 Å². The number of amides is 1. The fourth-order valence-corrected chi connectivity index (χ4v) is 2.41. The maximum atomic E-state index is 11.9. The first-order valence-electron chi connectivity index (χ1n) is 7.05. The van der Waals surface area contributed by atoms with Crippen LogP contribution in [0.2, 0.25) is 0 Å². The number of H-pyrrole nitrogens is 1. The first kappa shape index (κ1) is 13.6. The number of pyridine rings is 1. The maximum Gasteiger partial charge on any atom is 0.257 e. The fourth-order valence-electron chi connectivity index (χ4n) is 2.41. The summed E-state index contributed by atoms with van der Waals surface area (Å²) in [5.74, 6) is 0.716. The number of aliphatic hydroxyl groups is 1. The van der Waals surface area contributed by atoms with Gasteiger partial charge in [0, 0.05) is 25.5 Å². The molecule has 0 saturated carbocycles. The van der Waals surface area contributed by atoms with Crippen LogP contribution in [-0.4, -0.2) is 40.2 Å². The minimum Gasteiger partial charge on any atom is -0.393 e. The number of rotatable bonds is 3. The standard InChI is InChI=1S/C15H18N4O2/c20-13-4-7-19(8-5-13)14-2-1-12(10-17-14)18-15(21)11-3-6-16-9-11/h1-3,6,9-10,13,16,20H,4-5,7-8H2,(H,18,21). The second kappa shape index (κ2) is 5.97. The molecule has 0 radical (unpaired) electrons. The Morgan fingerprint density at radius 1 is 1.33 bits per heavy atom. The molecule has 6 nitrogen and oxygen atoms in total. The third-order valence-electron chi connectivity index (χ3n) is 3.65. The predicted octanol–water partition coefficient (Wildman–Crippen LogP) is 1.62. The van der Waals surface area contributed by atoms with Crippen LogP contribution in [0.5, 0.6) is 0 Å². The number of aromatic nitrogens is 2. The van der Waals surface area contributed by atoms with E-state index in [1.807, 2.05) is 12.1 Å². The molecule has 0 aromatic carbocycles. The number of anilines is 2. The Balaban J connectivity index is 1.63. The number of aliphatic hydroxyl groups excluding tert-OH is 1. The van der Waals surface area contributed by atoms with Gasteiger partial charge in [0.05, 0.1) is 23.6 Å². The fraction of sp³-hybridized carbons (Fsp3) is 0.333. The van der Waals surface area contributed by atoms with E-state index in [4.69, 9.17) is 0 Å². The normalized spacial score (nSPS) is 16.0. The molecule has 1 amide bonds. The Labute approximate surface area is 122 Å². The summed E-state index contributed by atoms with van der Waals surface area (Å²) >= 11 is 0. The van der Waals surface area contributed by atoms with Crippen molar-refractivity contribution in [2.75, 3.05) is 23.3 Å². The predicted molar refractivity (Wildman–Crippen MR) is 80.4 cm³/mol. The molecule has 1 aliphatic heterocycles. The van der Waals surface area contributed by atoms with E-state index in [-0.39, 0.29) is 12.0 Å². The molecule has 3 N–H and O–H groups in total. The van der Waals surface area contributed by atoms with Crippen molar-refractivity contribution in [3.63, 3.8) is 0 Å². The van der Waals surface area contributed by atoms with Crippen molar-refractivity contribution in [3.8, 4) is 0 Å². The summed E-state index contributed by atoms with van der Waals surface area (Å²) in [7, 11) is 0. The largest absolute Gasteiger partial charge is 0.393 e. The van der Waals surface area contributed by atoms with Crippen molar-refractivity contribution in [3.05, 3.63) is 42.4 Å². The Morgan fingerprint density at radius 2 is 2.14 bits per heavy atom. The summed E-state index contributed by atoms with van der Waals surface area (Å²) in [6, 6.07) is 5.46. The van der Waals surface area contributed by atoms with Crippen molar-refractivity contribution in [2.45, 2.75) is 18.9 Å². The third-order valence-corrected chi connectivity index (χ3v) is 3.65. The summed E-state index contributed by atoms with van der Waals surface area (Å²) in [6.45, 7) is 1.62. The molecule has 6 heteroatoms. The van der Waals surface area contributed by atoms with Gasteiger partial charge in [-0.25, -0.2) is 4.98 Å². The van der Waals surface area contributed by atoms with Crippen molar-refractivity contribution >= 4 is 17.4 Å². The molecule has 0 unspecified atom stereocenters. The van der Waals surface area contributed by atoms with Gasteiger partial charge in [0.15, 0.2) is 0 Å². The van der Waals surface area contributed by atoms with Gasteiger partial charge in [0.1, 0.15) is 5.82 Å². The summed E-state index contributed by atoms with van der Waals surface area (Å²) in [4.78, 5) is 21.3. The lowest BCUT2D eigenvalue weighted by molar-refractivity contribution is 0.102. The van der Waals surface area contributed by atoms with Gasteiger partial charge in [-0.3, -0.25) is 4.79 Å². The molecule has 1 aliphatic rings. The molecule has 1 fully saturated rings. The highest BCUT2D eigenvalue weighted by atomic mass is 16.3. The zero-order valence-electron chi connectivity index (χ0n) is 11.6. The van der Waals surface area contributed by atoms with Crippen LogP contribution in [0, 0.1) is 0 Å². The lowest BCUT2D eigenvalue weighted by atomic mass is 10.1. The number of carbonyl (C=O) groups is 1. The molecule has 0 atom stereocenters. The zero-order chi connectivity index (χ0) is 14.7. The van der Waals surface area contributed by atoms with Crippen molar-refractivity contribution < 1.29 is 9.90 Å². The van der Waals surface area contributed by atoms with E-state index in [1.165, 1.54) is 0 Å². The number of aromatic amines is 1. The highest BCUT2D eigenvalue weighted by Gasteiger charge is 2.18. The summed E-state index contributed by atoms with van der Waals surface area (Å²) in [5.41, 5.74) is 1.26. The van der Waals surface area contributed by atoms with Crippen LogP contribution in [0.15, 0.2) is 36.8 Å². The van der Waals surface area contributed by atoms with E-state index in [2.05, 4.69) is 20.2 Å². The topological polar surface area (TPSA) is 81.2 Å². The summed E-state index contributed by atoms with van der Waals surface area (Å²) in [6.07, 6.45) is 6.37. The number of hydrogen-bond donors (Lipinski definition) is 3. The molecular weight excluding hydrogens is 268 g/mol. The zero-order valence-corrected chi connectivity index (χ0v) is 11.6. The van der Waals surface area contributed by atoms with Crippen molar-refractivity contribution in [1.29, 1.82) is 0 Å². The first-order chi connectivity index (χ1) is 10.2. The van der Waals surface area contributed by atoms with E-state index < -0.39 is 0 Å². The van der Waals surface area contributed by atoms with E-state index in [0.717, 1.165) is 31.7 Å². The first-order valence-corrected chi connectivity index (χ1v) is 7.05. The van der Waals surface area contributed by atoms with Crippen LogP contribution in [0.1, 0.15) is 23.2 Å². The number of hydrogen-bond acceptors (Lipinski definition) is 4. The number of carbonyl (C=O) groups excluding carboxylic acids is 1. The van der Waals surface area contributed by atoms with Gasteiger partial charge >= 0.3 is 0 Å². The Morgan fingerprint density at radius 3 is 2.76 bits per heavy atom. The maximum absolute atomic E-state index is 11.9. The van der Waals surface area contributed by atoms with Gasteiger partial charge in [-0.05, 0) is 31.0 Å². The molecule has 3 heterocycles. The molecular formula is C15H18N4O2. The van der Waals surface area contributed by atoms with Crippen LogP contribution in [0.25, 0.3) is 0 Å². The average Bonchev–Trinajstić information content (AvgIpc) is 3.03. The molecule has 1 saturated heterocycles. The van der Waals surface area contributed by atoms with Gasteiger partial charge in [0.2, 0.25) is 0 Å². The average molecular weight is 286 g/mol. The molecule has 0 spiro atoms. The van der Waals surface area contributed by atoms with E-state index in [1.54, 1.807) is 24.7 Å². The minimum absolute atomic E-state index is 0.160. The van der Waals surface area contributed by atoms with Gasteiger partial charge in [-0.2, -0.15) is 0 Å². The molecule has 3 rings (SSSR count). The SMILES string of the molecule is O=C(Nc1ccc(N2CCC(O)CC2)nc1)c1cc[nH]c1. The second-order valence-electron chi connectivity index (χ2n) is 5.18. The van der Waals surface area contributed by atoms with E-state index in [9.17, 15) is 9.90 Å². The van der Waals surface area contributed by atoms with Crippen LogP contribution in [0.3, 0.4) is 0 Å². The highest BCUT2D eigenvalue weighted by molar-refractivity contribution is 6.04.